The zero-order chi connectivity index (χ0) is 13.0. The fourth-order valence-corrected chi connectivity index (χ4v) is 1.58. The Kier molecular flexibility index (Phi) is 3.67. The molecule has 0 saturated heterocycles. The third-order valence-corrected chi connectivity index (χ3v) is 2.61. The van der Waals surface area contributed by atoms with Crippen LogP contribution in [-0.4, -0.2) is 10.8 Å². The molecule has 1 aromatic carbocycles. The molecular weight excluding hydrogens is 231 g/mol. The summed E-state index contributed by atoms with van der Waals surface area (Å²) in [5.74, 6) is -0.564. The fourth-order valence-electron chi connectivity index (χ4n) is 1.58. The normalized spacial score (nSPS) is 10.1. The number of nitrogens with zero attached hydrogens (tertiary/aromatic N) is 1. The molecule has 4 heteroatoms. The molecule has 92 valence electrons. The van der Waals surface area contributed by atoms with Gasteiger partial charge in [0.1, 0.15) is 5.82 Å². The van der Waals surface area contributed by atoms with Crippen molar-refractivity contribution >= 4 is 11.5 Å². The second-order valence-electron chi connectivity index (χ2n) is 3.96. The standard InChI is InChI=1S/C14H13FN2O/c1-10(18)12-2-3-14(13(15)8-12)17-9-11-4-6-16-7-5-11/h2-8,17H,9H2,1H3. The van der Waals surface area contributed by atoms with Crippen LogP contribution in [0.5, 0.6) is 0 Å². The Hall–Kier alpha value is -2.23. The average molecular weight is 244 g/mol. The van der Waals surface area contributed by atoms with Gasteiger partial charge in [0, 0.05) is 24.5 Å². The van der Waals surface area contributed by atoms with Gasteiger partial charge in [-0.2, -0.15) is 0 Å². The zero-order valence-corrected chi connectivity index (χ0v) is 9.98. The number of halogens is 1. The van der Waals surface area contributed by atoms with Gasteiger partial charge in [0.05, 0.1) is 5.69 Å². The van der Waals surface area contributed by atoms with E-state index in [2.05, 4.69) is 10.3 Å². The van der Waals surface area contributed by atoms with Crippen molar-refractivity contribution in [3.05, 3.63) is 59.7 Å². The summed E-state index contributed by atoms with van der Waals surface area (Å²) in [5.41, 5.74) is 1.78. The van der Waals surface area contributed by atoms with Crippen molar-refractivity contribution in [1.82, 2.24) is 4.98 Å². The van der Waals surface area contributed by atoms with Crippen molar-refractivity contribution in [2.75, 3.05) is 5.32 Å². The lowest BCUT2D eigenvalue weighted by Crippen LogP contribution is -2.03. The van der Waals surface area contributed by atoms with Gasteiger partial charge in [0.2, 0.25) is 0 Å². The molecule has 0 amide bonds. The molecule has 1 heterocycles. The van der Waals surface area contributed by atoms with Gasteiger partial charge in [0.15, 0.2) is 5.78 Å². The van der Waals surface area contributed by atoms with Gasteiger partial charge in [-0.25, -0.2) is 4.39 Å². The molecule has 2 aromatic rings. The predicted octanol–water partition coefficient (Wildman–Crippen LogP) is 3.04. The predicted molar refractivity (Wildman–Crippen MR) is 68.0 cm³/mol. The van der Waals surface area contributed by atoms with Crippen LogP contribution in [0.3, 0.4) is 0 Å². The number of hydrogen-bond donors (Lipinski definition) is 1. The number of carbonyl (C=O) groups is 1. The average Bonchev–Trinajstić information content (AvgIpc) is 2.38. The van der Waals surface area contributed by atoms with Crippen molar-refractivity contribution in [2.24, 2.45) is 0 Å². The Morgan fingerprint density at radius 3 is 2.61 bits per heavy atom. The van der Waals surface area contributed by atoms with E-state index in [4.69, 9.17) is 0 Å². The van der Waals surface area contributed by atoms with E-state index in [0.717, 1.165) is 5.56 Å². The van der Waals surface area contributed by atoms with E-state index >= 15 is 0 Å². The summed E-state index contributed by atoms with van der Waals surface area (Å²) in [4.78, 5) is 15.0. The maximum Gasteiger partial charge on any atom is 0.159 e. The molecule has 0 bridgehead atoms. The summed E-state index contributed by atoms with van der Waals surface area (Å²) in [7, 11) is 0. The van der Waals surface area contributed by atoms with Crippen LogP contribution in [0, 0.1) is 5.82 Å². The van der Waals surface area contributed by atoms with Crippen molar-refractivity contribution < 1.29 is 9.18 Å². The second-order valence-corrected chi connectivity index (χ2v) is 3.96. The Balaban J connectivity index is 2.08. The quantitative estimate of drug-likeness (QED) is 0.840. The van der Waals surface area contributed by atoms with E-state index in [1.165, 1.54) is 13.0 Å². The van der Waals surface area contributed by atoms with Crippen LogP contribution < -0.4 is 5.32 Å². The number of carbonyl (C=O) groups excluding carboxylic acids is 1. The van der Waals surface area contributed by atoms with E-state index in [9.17, 15) is 9.18 Å². The lowest BCUT2D eigenvalue weighted by Gasteiger charge is -2.08. The number of hydrogen-bond acceptors (Lipinski definition) is 3. The summed E-state index contributed by atoms with van der Waals surface area (Å²) in [5, 5.41) is 2.98. The Bertz CT molecular complexity index is 555. The molecule has 0 aliphatic carbocycles. The number of Topliss-reactive ketones (excluding diaryl/α,β-unsaturated/α-hetero) is 1. The molecule has 2 rings (SSSR count). The fraction of sp³-hybridized carbons (Fsp3) is 0.143. The van der Waals surface area contributed by atoms with Crippen LogP contribution in [0.2, 0.25) is 0 Å². The first kappa shape index (κ1) is 12.2. The lowest BCUT2D eigenvalue weighted by molar-refractivity contribution is 0.101. The minimum atomic E-state index is -0.420. The smallest absolute Gasteiger partial charge is 0.159 e. The third-order valence-electron chi connectivity index (χ3n) is 2.61. The summed E-state index contributed by atoms with van der Waals surface area (Å²) in [6.07, 6.45) is 3.37. The van der Waals surface area contributed by atoms with Crippen molar-refractivity contribution in [3.63, 3.8) is 0 Å². The Morgan fingerprint density at radius 1 is 1.28 bits per heavy atom. The zero-order valence-electron chi connectivity index (χ0n) is 9.98. The van der Waals surface area contributed by atoms with Gasteiger partial charge in [0.25, 0.3) is 0 Å². The number of rotatable bonds is 4. The van der Waals surface area contributed by atoms with Gasteiger partial charge in [-0.15, -0.1) is 0 Å². The molecular formula is C14H13FN2O. The second kappa shape index (κ2) is 5.40. The first-order chi connectivity index (χ1) is 8.66. The van der Waals surface area contributed by atoms with Gasteiger partial charge in [-0.1, -0.05) is 0 Å². The van der Waals surface area contributed by atoms with Crippen LogP contribution in [-0.2, 0) is 6.54 Å². The van der Waals surface area contributed by atoms with Crippen molar-refractivity contribution in [3.8, 4) is 0 Å². The number of aromatic nitrogens is 1. The summed E-state index contributed by atoms with van der Waals surface area (Å²) in [6.45, 7) is 1.93. The molecule has 0 fully saturated rings. The molecule has 3 nitrogen and oxygen atoms in total. The Labute approximate surface area is 105 Å². The highest BCUT2D eigenvalue weighted by Gasteiger charge is 2.05. The topological polar surface area (TPSA) is 42.0 Å². The van der Waals surface area contributed by atoms with E-state index < -0.39 is 5.82 Å². The largest absolute Gasteiger partial charge is 0.379 e. The number of anilines is 1. The molecule has 0 aliphatic heterocycles. The molecule has 0 saturated carbocycles. The molecule has 0 radical (unpaired) electrons. The summed E-state index contributed by atoms with van der Waals surface area (Å²) < 4.78 is 13.7. The first-order valence-corrected chi connectivity index (χ1v) is 5.60. The van der Waals surface area contributed by atoms with Crippen LogP contribution in [0.1, 0.15) is 22.8 Å². The third kappa shape index (κ3) is 2.91. The van der Waals surface area contributed by atoms with Crippen LogP contribution in [0.4, 0.5) is 10.1 Å². The minimum Gasteiger partial charge on any atom is -0.379 e. The molecule has 18 heavy (non-hydrogen) atoms. The van der Waals surface area contributed by atoms with Gasteiger partial charge < -0.3 is 5.32 Å². The highest BCUT2D eigenvalue weighted by atomic mass is 19.1. The number of pyridine rings is 1. The summed E-state index contributed by atoms with van der Waals surface area (Å²) >= 11 is 0. The van der Waals surface area contributed by atoms with Crippen LogP contribution >= 0.6 is 0 Å². The molecule has 1 aromatic heterocycles. The van der Waals surface area contributed by atoms with Crippen LogP contribution in [0.15, 0.2) is 42.7 Å². The highest BCUT2D eigenvalue weighted by molar-refractivity contribution is 5.94. The minimum absolute atomic E-state index is 0.144. The molecule has 0 atom stereocenters. The van der Waals surface area contributed by atoms with Gasteiger partial charge >= 0.3 is 0 Å². The maximum atomic E-state index is 13.7. The van der Waals surface area contributed by atoms with E-state index in [-0.39, 0.29) is 5.78 Å². The van der Waals surface area contributed by atoms with E-state index in [1.807, 2.05) is 12.1 Å². The van der Waals surface area contributed by atoms with Gasteiger partial charge in [-0.3, -0.25) is 9.78 Å². The SMILES string of the molecule is CC(=O)c1ccc(NCc2ccncc2)c(F)c1. The van der Waals surface area contributed by atoms with E-state index in [1.54, 1.807) is 24.5 Å². The molecule has 0 unspecified atom stereocenters. The number of nitrogens with one attached hydrogen (secondary N) is 1. The monoisotopic (exact) mass is 244 g/mol. The maximum absolute atomic E-state index is 13.7. The Morgan fingerprint density at radius 2 is 2.00 bits per heavy atom. The first-order valence-electron chi connectivity index (χ1n) is 5.60. The molecule has 0 aliphatic rings. The summed E-state index contributed by atoms with van der Waals surface area (Å²) in [6, 6.07) is 8.15. The van der Waals surface area contributed by atoms with Crippen molar-refractivity contribution in [2.45, 2.75) is 13.5 Å². The molecule has 1 N–H and O–H groups in total. The lowest BCUT2D eigenvalue weighted by atomic mass is 10.1. The molecule has 0 spiro atoms. The number of ketones is 1. The van der Waals surface area contributed by atoms with Crippen LogP contribution in [0.25, 0.3) is 0 Å². The highest BCUT2D eigenvalue weighted by Crippen LogP contribution is 2.17. The number of benzene rings is 1. The van der Waals surface area contributed by atoms with E-state index in [0.29, 0.717) is 17.8 Å². The van der Waals surface area contributed by atoms with Gasteiger partial charge in [-0.05, 0) is 42.8 Å². The van der Waals surface area contributed by atoms with Crippen molar-refractivity contribution in [1.29, 1.82) is 0 Å².